The topological polar surface area (TPSA) is 75.3 Å². The third kappa shape index (κ3) is 4.18. The molecule has 4 amide bonds. The summed E-state index contributed by atoms with van der Waals surface area (Å²) in [7, 11) is 0. The molecule has 2 N–H and O–H groups in total. The van der Waals surface area contributed by atoms with Crippen molar-refractivity contribution in [3.05, 3.63) is 35.9 Å². The smallest absolute Gasteiger partial charge is 0.277 e. The largest absolute Gasteiger partial charge is 0.328 e. The van der Waals surface area contributed by atoms with Gasteiger partial charge in [0, 0.05) is 0 Å². The van der Waals surface area contributed by atoms with Gasteiger partial charge >= 0.3 is 6.03 Å². The average molecular weight is 316 g/mol. The first-order valence-corrected chi connectivity index (χ1v) is 8.29. The first-order valence-electron chi connectivity index (χ1n) is 8.29. The molecular weight excluding hydrogens is 292 g/mol. The lowest BCUT2D eigenvalue weighted by Gasteiger charge is -2.33. The normalized spacial score (nSPS) is 16.8. The van der Waals surface area contributed by atoms with Crippen LogP contribution in [0.4, 0.5) is 4.79 Å². The number of imide groups is 2. The molecule has 0 aliphatic carbocycles. The number of urea groups is 1. The Morgan fingerprint density at radius 2 is 1.48 bits per heavy atom. The Morgan fingerprint density at radius 3 is 2.09 bits per heavy atom. The summed E-state index contributed by atoms with van der Waals surface area (Å²) in [5.41, 5.74) is 0.245. The van der Waals surface area contributed by atoms with E-state index in [9.17, 15) is 14.4 Å². The Bertz CT molecular complexity index is 549. The zero-order valence-electron chi connectivity index (χ0n) is 13.6. The van der Waals surface area contributed by atoms with E-state index in [0.29, 0.717) is 12.8 Å². The van der Waals surface area contributed by atoms with Crippen molar-refractivity contribution in [3.8, 4) is 0 Å². The average Bonchev–Trinajstić information content (AvgIpc) is 2.54. The van der Waals surface area contributed by atoms with Gasteiger partial charge in [-0.05, 0) is 31.2 Å². The van der Waals surface area contributed by atoms with Crippen LogP contribution in [0, 0.1) is 5.41 Å². The predicted octanol–water partition coefficient (Wildman–Crippen LogP) is 2.94. The molecule has 124 valence electrons. The second-order valence-electron chi connectivity index (χ2n) is 6.07. The molecule has 0 aromatic heterocycles. The lowest BCUT2D eigenvalue weighted by Crippen LogP contribution is -2.62. The first kappa shape index (κ1) is 17.2. The Balaban J connectivity index is 1.74. The van der Waals surface area contributed by atoms with Crippen molar-refractivity contribution in [2.24, 2.45) is 5.41 Å². The molecular formula is C18H24N2O3. The molecule has 2 rings (SSSR count). The summed E-state index contributed by atoms with van der Waals surface area (Å²) in [6, 6.07) is 9.63. The van der Waals surface area contributed by atoms with E-state index in [1.807, 2.05) is 25.1 Å². The van der Waals surface area contributed by atoms with E-state index in [1.54, 1.807) is 0 Å². The Morgan fingerprint density at radius 1 is 0.870 bits per heavy atom. The third-order valence-corrected chi connectivity index (χ3v) is 4.59. The number of rotatable bonds is 8. The number of hydrogen-bond acceptors (Lipinski definition) is 3. The third-order valence-electron chi connectivity index (χ3n) is 4.59. The minimum absolute atomic E-state index is 0.405. The van der Waals surface area contributed by atoms with Crippen molar-refractivity contribution in [1.29, 1.82) is 0 Å². The van der Waals surface area contributed by atoms with Crippen molar-refractivity contribution >= 4 is 17.8 Å². The maximum atomic E-state index is 12.1. The van der Waals surface area contributed by atoms with Crippen LogP contribution < -0.4 is 10.6 Å². The highest BCUT2D eigenvalue weighted by atomic mass is 16.2. The summed E-state index contributed by atoms with van der Waals surface area (Å²) in [5, 5.41) is 4.43. The molecule has 1 fully saturated rings. The van der Waals surface area contributed by atoms with Crippen molar-refractivity contribution in [2.45, 2.75) is 51.9 Å². The molecule has 1 heterocycles. The predicted molar refractivity (Wildman–Crippen MR) is 87.6 cm³/mol. The van der Waals surface area contributed by atoms with Crippen molar-refractivity contribution < 1.29 is 14.4 Å². The Kier molecular flexibility index (Phi) is 5.90. The number of carbonyl (C=O) groups is 3. The highest BCUT2D eigenvalue weighted by Gasteiger charge is 2.48. The van der Waals surface area contributed by atoms with E-state index in [4.69, 9.17) is 0 Å². The van der Waals surface area contributed by atoms with Gasteiger partial charge in [0.05, 0.1) is 0 Å². The number of hydrogen-bond donors (Lipinski definition) is 2. The van der Waals surface area contributed by atoms with Crippen LogP contribution in [-0.2, 0) is 16.0 Å². The molecule has 1 aliphatic rings. The summed E-state index contributed by atoms with van der Waals surface area (Å²) in [6.07, 6.45) is 5.88. The number of unbranched alkanes of at least 4 members (excludes halogenated alkanes) is 3. The Labute approximate surface area is 136 Å². The van der Waals surface area contributed by atoms with Gasteiger partial charge in [0.15, 0.2) is 0 Å². The highest BCUT2D eigenvalue weighted by molar-refractivity contribution is 6.19. The molecule has 1 aromatic rings. The van der Waals surface area contributed by atoms with Gasteiger partial charge < -0.3 is 0 Å². The fourth-order valence-electron chi connectivity index (χ4n) is 3.06. The van der Waals surface area contributed by atoms with E-state index >= 15 is 0 Å². The maximum absolute atomic E-state index is 12.1. The molecule has 5 nitrogen and oxygen atoms in total. The van der Waals surface area contributed by atoms with Gasteiger partial charge in [0.2, 0.25) is 11.8 Å². The lowest BCUT2D eigenvalue weighted by molar-refractivity contribution is -0.145. The summed E-state index contributed by atoms with van der Waals surface area (Å²) >= 11 is 0. The van der Waals surface area contributed by atoms with Crippen LogP contribution in [0.5, 0.6) is 0 Å². The summed E-state index contributed by atoms with van der Waals surface area (Å²) < 4.78 is 0. The van der Waals surface area contributed by atoms with Crippen LogP contribution >= 0.6 is 0 Å². The zero-order chi connectivity index (χ0) is 16.7. The van der Waals surface area contributed by atoms with Gasteiger partial charge in [-0.1, -0.05) is 56.5 Å². The van der Waals surface area contributed by atoms with Crippen LogP contribution in [0.25, 0.3) is 0 Å². The highest BCUT2D eigenvalue weighted by Crippen LogP contribution is 2.31. The van der Waals surface area contributed by atoms with Crippen molar-refractivity contribution in [1.82, 2.24) is 10.6 Å². The lowest BCUT2D eigenvalue weighted by atomic mass is 9.77. The fraction of sp³-hybridized carbons (Fsp3) is 0.500. The molecule has 1 aromatic carbocycles. The Hall–Kier alpha value is -2.17. The summed E-state index contributed by atoms with van der Waals surface area (Å²) in [6.45, 7) is 1.81. The first-order chi connectivity index (χ1) is 11.1. The summed E-state index contributed by atoms with van der Waals surface area (Å²) in [5.74, 6) is -0.920. The second-order valence-corrected chi connectivity index (χ2v) is 6.07. The number of aryl methyl sites for hydroxylation is 1. The molecule has 5 heteroatoms. The van der Waals surface area contributed by atoms with Gasteiger partial charge in [-0.3, -0.25) is 20.2 Å². The van der Waals surface area contributed by atoms with E-state index in [1.165, 1.54) is 5.56 Å². The number of barbiturate groups is 1. The summed E-state index contributed by atoms with van der Waals surface area (Å²) in [4.78, 5) is 35.3. The van der Waals surface area contributed by atoms with Crippen molar-refractivity contribution in [3.63, 3.8) is 0 Å². The van der Waals surface area contributed by atoms with Gasteiger partial charge in [-0.2, -0.15) is 0 Å². The quantitative estimate of drug-likeness (QED) is 0.572. The van der Waals surface area contributed by atoms with Crippen LogP contribution in [0.1, 0.15) is 51.0 Å². The van der Waals surface area contributed by atoms with E-state index in [0.717, 1.165) is 32.1 Å². The molecule has 0 unspecified atom stereocenters. The molecule has 23 heavy (non-hydrogen) atoms. The molecule has 0 radical (unpaired) electrons. The van der Waals surface area contributed by atoms with Crippen molar-refractivity contribution in [2.75, 3.05) is 0 Å². The fourth-order valence-corrected chi connectivity index (χ4v) is 3.06. The second kappa shape index (κ2) is 7.90. The molecule has 0 saturated carbocycles. The number of carbonyl (C=O) groups excluding carboxylic acids is 3. The van der Waals surface area contributed by atoms with E-state index in [2.05, 4.69) is 22.8 Å². The molecule has 0 bridgehead atoms. The minimum atomic E-state index is -1.09. The van der Waals surface area contributed by atoms with Gasteiger partial charge in [-0.25, -0.2) is 4.79 Å². The minimum Gasteiger partial charge on any atom is -0.277 e. The van der Waals surface area contributed by atoms with Crippen LogP contribution in [0.15, 0.2) is 30.3 Å². The number of nitrogens with one attached hydrogen (secondary N) is 2. The van der Waals surface area contributed by atoms with Crippen LogP contribution in [0.2, 0.25) is 0 Å². The van der Waals surface area contributed by atoms with Gasteiger partial charge in [0.1, 0.15) is 5.41 Å². The number of amides is 4. The van der Waals surface area contributed by atoms with Crippen LogP contribution in [-0.4, -0.2) is 17.8 Å². The molecule has 1 aliphatic heterocycles. The van der Waals surface area contributed by atoms with Crippen LogP contribution in [0.3, 0.4) is 0 Å². The number of benzene rings is 1. The standard InChI is InChI=1S/C18H24N2O3/c1-2-18(15(21)19-17(23)20-16(18)22)13-9-4-3-6-10-14-11-7-5-8-12-14/h5,7-8,11-12H,2-4,6,9-10,13H2,1H3,(H2,19,20,21,22,23). The van der Waals surface area contributed by atoms with Gasteiger partial charge in [-0.15, -0.1) is 0 Å². The molecule has 1 saturated heterocycles. The molecule has 0 spiro atoms. The SMILES string of the molecule is CCC1(CCCCCCc2ccccc2)C(=O)NC(=O)NC1=O. The maximum Gasteiger partial charge on any atom is 0.328 e. The van der Waals surface area contributed by atoms with E-state index in [-0.39, 0.29) is 0 Å². The van der Waals surface area contributed by atoms with Gasteiger partial charge in [0.25, 0.3) is 0 Å². The zero-order valence-corrected chi connectivity index (χ0v) is 13.6. The monoisotopic (exact) mass is 316 g/mol. The molecule has 0 atom stereocenters. The van der Waals surface area contributed by atoms with E-state index < -0.39 is 23.3 Å².